The minimum absolute atomic E-state index is 0.541. The molecule has 3 heteroatoms. The second-order valence-corrected chi connectivity index (χ2v) is 7.11. The summed E-state index contributed by atoms with van der Waals surface area (Å²) in [7, 11) is 0. The number of nitrogens with zero attached hydrogens (tertiary/aromatic N) is 1. The van der Waals surface area contributed by atoms with Crippen molar-refractivity contribution in [2.24, 2.45) is 11.3 Å². The molecule has 3 nitrogen and oxygen atoms in total. The fourth-order valence-electron chi connectivity index (χ4n) is 3.50. The fraction of sp³-hybridized carbons (Fsp3) is 1.00. The molecule has 0 aliphatic carbocycles. The predicted molar refractivity (Wildman–Crippen MR) is 80.5 cm³/mol. The van der Waals surface area contributed by atoms with Crippen LogP contribution in [-0.4, -0.2) is 50.3 Å². The van der Waals surface area contributed by atoms with Gasteiger partial charge in [0.1, 0.15) is 0 Å². The maximum absolute atomic E-state index is 5.71. The Hall–Kier alpha value is -0.120. The number of hydrogen-bond acceptors (Lipinski definition) is 3. The van der Waals surface area contributed by atoms with Crippen molar-refractivity contribution < 1.29 is 4.74 Å². The molecule has 0 aromatic rings. The molecule has 2 heterocycles. The average Bonchev–Trinajstić information content (AvgIpc) is 2.54. The first-order valence-corrected chi connectivity index (χ1v) is 8.14. The highest BCUT2D eigenvalue weighted by Crippen LogP contribution is 2.30. The number of rotatable bonds is 4. The summed E-state index contributed by atoms with van der Waals surface area (Å²) >= 11 is 0. The molecule has 2 rings (SSSR count). The molecule has 0 saturated carbocycles. The summed E-state index contributed by atoms with van der Waals surface area (Å²) in [6.45, 7) is 13.8. The molecule has 2 aliphatic heterocycles. The molecular weight excluding hydrogens is 236 g/mol. The van der Waals surface area contributed by atoms with Crippen molar-refractivity contribution >= 4 is 0 Å². The molecule has 0 aromatic heterocycles. The Kier molecular flexibility index (Phi) is 5.67. The maximum atomic E-state index is 5.71. The van der Waals surface area contributed by atoms with E-state index in [1.807, 2.05) is 0 Å². The van der Waals surface area contributed by atoms with Crippen LogP contribution >= 0.6 is 0 Å². The van der Waals surface area contributed by atoms with Crippen molar-refractivity contribution in [2.45, 2.75) is 52.5 Å². The molecule has 2 fully saturated rings. The number of likely N-dealkylation sites (tertiary alicyclic amines) is 1. The third-order valence-electron chi connectivity index (χ3n) is 4.87. The van der Waals surface area contributed by atoms with Gasteiger partial charge in [-0.05, 0) is 50.7 Å². The van der Waals surface area contributed by atoms with Gasteiger partial charge in [-0.3, -0.25) is 0 Å². The Bertz CT molecular complexity index is 265. The van der Waals surface area contributed by atoms with Crippen LogP contribution < -0.4 is 5.32 Å². The summed E-state index contributed by atoms with van der Waals surface area (Å²) in [6.07, 6.45) is 5.25. The number of nitrogens with one attached hydrogen (secondary N) is 1. The third-order valence-corrected chi connectivity index (χ3v) is 4.87. The quantitative estimate of drug-likeness (QED) is 0.848. The molecule has 0 aromatic carbocycles. The van der Waals surface area contributed by atoms with Crippen molar-refractivity contribution in [3.8, 4) is 0 Å². The number of hydrogen-bond donors (Lipinski definition) is 1. The highest BCUT2D eigenvalue weighted by Gasteiger charge is 2.29. The smallest absolute Gasteiger partial charge is 0.0521 e. The lowest BCUT2D eigenvalue weighted by molar-refractivity contribution is 0.0171. The zero-order valence-corrected chi connectivity index (χ0v) is 13.1. The summed E-state index contributed by atoms with van der Waals surface area (Å²) in [5.41, 5.74) is 0.541. The van der Waals surface area contributed by atoms with Crippen LogP contribution in [0.15, 0.2) is 0 Å². The summed E-state index contributed by atoms with van der Waals surface area (Å²) < 4.78 is 5.71. The zero-order valence-electron chi connectivity index (χ0n) is 13.1. The van der Waals surface area contributed by atoms with E-state index < -0.39 is 0 Å². The molecule has 0 spiro atoms. The average molecular weight is 268 g/mol. The Morgan fingerprint density at radius 1 is 1.26 bits per heavy atom. The zero-order chi connectivity index (χ0) is 13.7. The standard InChI is InChI=1S/C16H32N2O/c1-4-17-15-6-11-19-13-14(15)12-18-9-5-7-16(2,3)8-10-18/h14-15,17H,4-13H2,1-3H3. The van der Waals surface area contributed by atoms with Gasteiger partial charge in [0.25, 0.3) is 0 Å². The molecule has 0 radical (unpaired) electrons. The van der Waals surface area contributed by atoms with Crippen LogP contribution in [0.5, 0.6) is 0 Å². The molecule has 19 heavy (non-hydrogen) atoms. The predicted octanol–water partition coefficient (Wildman–Crippen LogP) is 2.51. The van der Waals surface area contributed by atoms with E-state index in [0.29, 0.717) is 17.4 Å². The first-order valence-electron chi connectivity index (χ1n) is 8.14. The molecule has 2 saturated heterocycles. The van der Waals surface area contributed by atoms with Gasteiger partial charge in [0.05, 0.1) is 6.61 Å². The Morgan fingerprint density at radius 3 is 2.89 bits per heavy atom. The summed E-state index contributed by atoms with van der Waals surface area (Å²) in [5.74, 6) is 0.676. The Morgan fingerprint density at radius 2 is 2.11 bits per heavy atom. The van der Waals surface area contributed by atoms with Gasteiger partial charge in [-0.15, -0.1) is 0 Å². The maximum Gasteiger partial charge on any atom is 0.0521 e. The van der Waals surface area contributed by atoms with Crippen LogP contribution in [0.2, 0.25) is 0 Å². The van der Waals surface area contributed by atoms with Gasteiger partial charge in [0.2, 0.25) is 0 Å². The van der Waals surface area contributed by atoms with E-state index >= 15 is 0 Å². The minimum Gasteiger partial charge on any atom is -0.381 e. The largest absolute Gasteiger partial charge is 0.381 e. The van der Waals surface area contributed by atoms with Gasteiger partial charge in [0.15, 0.2) is 0 Å². The first kappa shape index (κ1) is 15.3. The summed E-state index contributed by atoms with van der Waals surface area (Å²) in [4.78, 5) is 2.68. The van der Waals surface area contributed by atoms with Crippen LogP contribution in [-0.2, 0) is 4.74 Å². The van der Waals surface area contributed by atoms with Crippen LogP contribution in [0, 0.1) is 11.3 Å². The van der Waals surface area contributed by atoms with Crippen LogP contribution in [0.1, 0.15) is 46.5 Å². The monoisotopic (exact) mass is 268 g/mol. The van der Waals surface area contributed by atoms with Crippen LogP contribution in [0.3, 0.4) is 0 Å². The van der Waals surface area contributed by atoms with Gasteiger partial charge in [-0.2, -0.15) is 0 Å². The molecule has 0 bridgehead atoms. The summed E-state index contributed by atoms with van der Waals surface area (Å²) in [5, 5.41) is 3.65. The van der Waals surface area contributed by atoms with Crippen molar-refractivity contribution in [3.63, 3.8) is 0 Å². The van der Waals surface area contributed by atoms with Gasteiger partial charge in [-0.1, -0.05) is 20.8 Å². The van der Waals surface area contributed by atoms with Crippen molar-refractivity contribution in [3.05, 3.63) is 0 Å². The topological polar surface area (TPSA) is 24.5 Å². The fourth-order valence-corrected chi connectivity index (χ4v) is 3.50. The Labute approximate surface area is 119 Å². The molecular formula is C16H32N2O. The van der Waals surface area contributed by atoms with Crippen LogP contribution in [0.25, 0.3) is 0 Å². The van der Waals surface area contributed by atoms with E-state index in [-0.39, 0.29) is 0 Å². The molecule has 112 valence electrons. The Balaban J connectivity index is 1.84. The van der Waals surface area contributed by atoms with Gasteiger partial charge >= 0.3 is 0 Å². The van der Waals surface area contributed by atoms with E-state index in [0.717, 1.165) is 19.8 Å². The van der Waals surface area contributed by atoms with Crippen molar-refractivity contribution in [1.82, 2.24) is 10.2 Å². The lowest BCUT2D eigenvalue weighted by atomic mass is 9.85. The van der Waals surface area contributed by atoms with Gasteiger partial charge in [-0.25, -0.2) is 0 Å². The first-order chi connectivity index (χ1) is 9.11. The molecule has 2 aliphatic rings. The molecule has 2 atom stereocenters. The normalized spacial score (nSPS) is 33.0. The van der Waals surface area contributed by atoms with Gasteiger partial charge < -0.3 is 15.0 Å². The summed E-state index contributed by atoms with van der Waals surface area (Å²) in [6, 6.07) is 0.662. The van der Waals surface area contributed by atoms with E-state index in [9.17, 15) is 0 Å². The lowest BCUT2D eigenvalue weighted by Gasteiger charge is -2.35. The molecule has 1 N–H and O–H groups in total. The second kappa shape index (κ2) is 7.05. The van der Waals surface area contributed by atoms with E-state index in [2.05, 4.69) is 31.0 Å². The lowest BCUT2D eigenvalue weighted by Crippen LogP contribution is -2.48. The number of ether oxygens (including phenoxy) is 1. The van der Waals surface area contributed by atoms with Crippen molar-refractivity contribution in [1.29, 1.82) is 0 Å². The van der Waals surface area contributed by atoms with Crippen LogP contribution in [0.4, 0.5) is 0 Å². The van der Waals surface area contributed by atoms with E-state index in [4.69, 9.17) is 4.74 Å². The van der Waals surface area contributed by atoms with Crippen molar-refractivity contribution in [2.75, 3.05) is 39.4 Å². The highest BCUT2D eigenvalue weighted by atomic mass is 16.5. The van der Waals surface area contributed by atoms with Gasteiger partial charge in [0, 0.05) is 25.1 Å². The van der Waals surface area contributed by atoms with E-state index in [1.165, 1.54) is 45.3 Å². The third kappa shape index (κ3) is 4.73. The highest BCUT2D eigenvalue weighted by molar-refractivity contribution is 4.84. The second-order valence-electron chi connectivity index (χ2n) is 7.11. The molecule has 0 amide bonds. The van der Waals surface area contributed by atoms with E-state index in [1.54, 1.807) is 0 Å². The SMILES string of the molecule is CCNC1CCOCC1CN1CCCC(C)(C)CC1. The minimum atomic E-state index is 0.541. The molecule has 2 unspecified atom stereocenters.